The van der Waals surface area contributed by atoms with Crippen LogP contribution in [0.3, 0.4) is 0 Å². The molecule has 5 heteroatoms. The number of aliphatic carboxylic acids is 1. The molecule has 0 saturated heterocycles. The number of nitrogens with one attached hydrogen (secondary N) is 1. The van der Waals surface area contributed by atoms with E-state index in [0.717, 1.165) is 12.8 Å². The van der Waals surface area contributed by atoms with Crippen LogP contribution in [-0.2, 0) is 4.79 Å². The summed E-state index contributed by atoms with van der Waals surface area (Å²) in [5, 5.41) is 11.7. The van der Waals surface area contributed by atoms with Crippen LogP contribution in [0.2, 0.25) is 0 Å². The second-order valence-corrected chi connectivity index (χ2v) is 4.87. The number of nitrogens with zero attached hydrogens (tertiary/aromatic N) is 1. The first kappa shape index (κ1) is 14.5. The lowest BCUT2D eigenvalue weighted by molar-refractivity contribution is -0.140. The predicted molar refractivity (Wildman–Crippen MR) is 69.3 cm³/mol. The largest absolute Gasteiger partial charge is 0.481 e. The first-order valence-corrected chi connectivity index (χ1v) is 6.40. The average molecular weight is 254 g/mol. The summed E-state index contributed by atoms with van der Waals surface area (Å²) < 4.78 is 0. The number of amides is 2. The van der Waals surface area contributed by atoms with Crippen molar-refractivity contribution in [1.82, 2.24) is 10.2 Å². The maximum absolute atomic E-state index is 11.9. The van der Waals surface area contributed by atoms with Gasteiger partial charge in [-0.3, -0.25) is 4.79 Å². The van der Waals surface area contributed by atoms with Crippen molar-refractivity contribution < 1.29 is 14.7 Å². The van der Waals surface area contributed by atoms with Crippen LogP contribution >= 0.6 is 0 Å². The minimum Gasteiger partial charge on any atom is -0.481 e. The lowest BCUT2D eigenvalue weighted by atomic mass is 10.1. The number of carbonyl (C=O) groups is 2. The van der Waals surface area contributed by atoms with Crippen molar-refractivity contribution >= 4 is 12.0 Å². The number of urea groups is 1. The SMILES string of the molecule is CCCC(C)N(C)C(=O)NC1C=CC(C(=O)O)C1. The highest BCUT2D eigenvalue weighted by Crippen LogP contribution is 2.18. The van der Waals surface area contributed by atoms with Crippen molar-refractivity contribution in [3.63, 3.8) is 0 Å². The highest BCUT2D eigenvalue weighted by molar-refractivity contribution is 5.76. The summed E-state index contributed by atoms with van der Waals surface area (Å²) in [6, 6.07) is -0.123. The van der Waals surface area contributed by atoms with E-state index in [-0.39, 0.29) is 18.1 Å². The molecule has 0 fully saturated rings. The van der Waals surface area contributed by atoms with Crippen LogP contribution in [0, 0.1) is 5.92 Å². The molecule has 0 aromatic heterocycles. The smallest absolute Gasteiger partial charge is 0.317 e. The Labute approximate surface area is 108 Å². The van der Waals surface area contributed by atoms with Crippen LogP contribution < -0.4 is 5.32 Å². The summed E-state index contributed by atoms with van der Waals surface area (Å²) in [5.74, 6) is -1.32. The Morgan fingerprint density at radius 3 is 2.67 bits per heavy atom. The van der Waals surface area contributed by atoms with E-state index in [1.54, 1.807) is 24.1 Å². The van der Waals surface area contributed by atoms with Crippen molar-refractivity contribution in [3.8, 4) is 0 Å². The van der Waals surface area contributed by atoms with Gasteiger partial charge in [-0.25, -0.2) is 4.79 Å². The van der Waals surface area contributed by atoms with Gasteiger partial charge in [-0.1, -0.05) is 25.5 Å². The van der Waals surface area contributed by atoms with E-state index < -0.39 is 11.9 Å². The zero-order chi connectivity index (χ0) is 13.7. The summed E-state index contributed by atoms with van der Waals surface area (Å²) >= 11 is 0. The molecule has 0 bridgehead atoms. The van der Waals surface area contributed by atoms with Crippen LogP contribution in [0.5, 0.6) is 0 Å². The third-order valence-electron chi connectivity index (χ3n) is 3.40. The maximum Gasteiger partial charge on any atom is 0.317 e. The molecule has 3 unspecified atom stereocenters. The molecule has 1 aliphatic rings. The van der Waals surface area contributed by atoms with Gasteiger partial charge in [-0.05, 0) is 19.8 Å². The highest BCUT2D eigenvalue weighted by atomic mass is 16.4. The molecule has 2 N–H and O–H groups in total. The van der Waals surface area contributed by atoms with Gasteiger partial charge in [0.1, 0.15) is 0 Å². The Morgan fingerprint density at radius 2 is 2.17 bits per heavy atom. The molecule has 0 radical (unpaired) electrons. The zero-order valence-electron chi connectivity index (χ0n) is 11.2. The molecule has 18 heavy (non-hydrogen) atoms. The van der Waals surface area contributed by atoms with Crippen molar-refractivity contribution in [2.45, 2.75) is 45.2 Å². The van der Waals surface area contributed by atoms with Crippen LogP contribution in [0.15, 0.2) is 12.2 Å². The third-order valence-corrected chi connectivity index (χ3v) is 3.40. The fourth-order valence-electron chi connectivity index (χ4n) is 2.06. The number of hydrogen-bond donors (Lipinski definition) is 2. The average Bonchev–Trinajstić information content (AvgIpc) is 2.77. The first-order valence-electron chi connectivity index (χ1n) is 6.40. The van der Waals surface area contributed by atoms with Gasteiger partial charge in [-0.2, -0.15) is 0 Å². The standard InChI is InChI=1S/C13H22N2O3/c1-4-5-9(2)15(3)13(18)14-11-7-6-10(8-11)12(16)17/h6-7,9-11H,4-5,8H2,1-3H3,(H,14,18)(H,16,17). The monoisotopic (exact) mass is 254 g/mol. The first-order chi connectivity index (χ1) is 8.45. The Balaban J connectivity index is 2.42. The topological polar surface area (TPSA) is 69.6 Å². The van der Waals surface area contributed by atoms with Gasteiger partial charge >= 0.3 is 12.0 Å². The minimum absolute atomic E-state index is 0.142. The Bertz CT molecular complexity index is 341. The van der Waals surface area contributed by atoms with Crippen LogP contribution in [0.25, 0.3) is 0 Å². The summed E-state index contributed by atoms with van der Waals surface area (Å²) in [7, 11) is 1.77. The molecule has 0 saturated carbocycles. The van der Waals surface area contributed by atoms with E-state index in [2.05, 4.69) is 12.2 Å². The fourth-order valence-corrected chi connectivity index (χ4v) is 2.06. The molecular weight excluding hydrogens is 232 g/mol. The molecular formula is C13H22N2O3. The summed E-state index contributed by atoms with van der Waals surface area (Å²) in [5.41, 5.74) is 0. The minimum atomic E-state index is -0.837. The van der Waals surface area contributed by atoms with Gasteiger partial charge in [0.2, 0.25) is 0 Å². The van der Waals surface area contributed by atoms with Gasteiger partial charge in [0.15, 0.2) is 0 Å². The second kappa shape index (κ2) is 6.42. The quantitative estimate of drug-likeness (QED) is 0.735. The Kier molecular flexibility index (Phi) is 5.19. The molecule has 3 atom stereocenters. The van der Waals surface area contributed by atoms with Crippen LogP contribution in [0.4, 0.5) is 4.79 Å². The maximum atomic E-state index is 11.9. The fraction of sp³-hybridized carbons (Fsp3) is 0.692. The van der Waals surface area contributed by atoms with Crippen molar-refractivity contribution in [3.05, 3.63) is 12.2 Å². The number of rotatable bonds is 5. The summed E-state index contributed by atoms with van der Waals surface area (Å²) in [6.45, 7) is 4.09. The predicted octanol–water partition coefficient (Wildman–Crippen LogP) is 1.85. The summed E-state index contributed by atoms with van der Waals surface area (Å²) in [4.78, 5) is 24.4. The highest BCUT2D eigenvalue weighted by Gasteiger charge is 2.26. The van der Waals surface area contributed by atoms with Gasteiger partial charge < -0.3 is 15.3 Å². The van der Waals surface area contributed by atoms with E-state index in [9.17, 15) is 9.59 Å². The molecule has 0 spiro atoms. The number of carboxylic acid groups (broad SMARTS) is 1. The molecule has 5 nitrogen and oxygen atoms in total. The number of carbonyl (C=O) groups excluding carboxylic acids is 1. The van der Waals surface area contributed by atoms with Crippen LogP contribution in [-0.4, -0.2) is 41.1 Å². The van der Waals surface area contributed by atoms with E-state index in [1.165, 1.54) is 0 Å². The molecule has 0 heterocycles. The normalized spacial score (nSPS) is 23.7. The lowest BCUT2D eigenvalue weighted by Gasteiger charge is -2.26. The Morgan fingerprint density at radius 1 is 1.50 bits per heavy atom. The van der Waals surface area contributed by atoms with Gasteiger partial charge in [0, 0.05) is 13.1 Å². The van der Waals surface area contributed by atoms with Gasteiger partial charge in [0.05, 0.1) is 12.0 Å². The van der Waals surface area contributed by atoms with Crippen molar-refractivity contribution in [2.24, 2.45) is 5.92 Å². The molecule has 0 aliphatic heterocycles. The molecule has 1 aliphatic carbocycles. The zero-order valence-corrected chi connectivity index (χ0v) is 11.2. The van der Waals surface area contributed by atoms with Crippen molar-refractivity contribution in [2.75, 3.05) is 7.05 Å². The third kappa shape index (κ3) is 3.75. The number of carboxylic acids is 1. The molecule has 102 valence electrons. The molecule has 0 aromatic carbocycles. The molecule has 2 amide bonds. The van der Waals surface area contributed by atoms with E-state index >= 15 is 0 Å². The van der Waals surface area contributed by atoms with E-state index in [0.29, 0.717) is 6.42 Å². The van der Waals surface area contributed by atoms with Crippen molar-refractivity contribution in [1.29, 1.82) is 0 Å². The number of hydrogen-bond acceptors (Lipinski definition) is 2. The Hall–Kier alpha value is -1.52. The van der Waals surface area contributed by atoms with E-state index in [1.807, 2.05) is 6.92 Å². The van der Waals surface area contributed by atoms with Crippen LogP contribution in [0.1, 0.15) is 33.1 Å². The second-order valence-electron chi connectivity index (χ2n) is 4.87. The molecule has 1 rings (SSSR count). The van der Waals surface area contributed by atoms with Gasteiger partial charge in [-0.15, -0.1) is 0 Å². The lowest BCUT2D eigenvalue weighted by Crippen LogP contribution is -2.45. The van der Waals surface area contributed by atoms with Gasteiger partial charge in [0.25, 0.3) is 0 Å². The molecule has 0 aromatic rings. The summed E-state index contributed by atoms with van der Waals surface area (Å²) in [6.07, 6.45) is 5.83. The van der Waals surface area contributed by atoms with E-state index in [4.69, 9.17) is 5.11 Å².